The molecule has 0 bridgehead atoms. The lowest BCUT2D eigenvalue weighted by atomic mass is 10.4. The van der Waals surface area contributed by atoms with Gasteiger partial charge >= 0.3 is 0 Å². The summed E-state index contributed by atoms with van der Waals surface area (Å²) >= 11 is 7.13. The largest absolute Gasteiger partial charge is 0.353 e. The van der Waals surface area contributed by atoms with E-state index in [1.165, 1.54) is 6.42 Å². The summed E-state index contributed by atoms with van der Waals surface area (Å²) in [6, 6.07) is 0. The topological polar surface area (TPSA) is 33.6 Å². The molecule has 6 heteroatoms. The zero-order valence-electron chi connectivity index (χ0n) is 10.2. The van der Waals surface area contributed by atoms with Crippen LogP contribution in [0.1, 0.15) is 33.6 Å². The van der Waals surface area contributed by atoms with Crippen molar-refractivity contribution in [1.82, 2.24) is 5.32 Å². The van der Waals surface area contributed by atoms with Crippen LogP contribution in [0.15, 0.2) is 17.0 Å². The summed E-state index contributed by atoms with van der Waals surface area (Å²) in [5.74, 6) is 1.02. The Morgan fingerprint density at radius 3 is 2.81 bits per heavy atom. The number of rotatable bonds is 9. The van der Waals surface area contributed by atoms with Gasteiger partial charge in [-0.05, 0) is 38.3 Å². The fourth-order valence-corrected chi connectivity index (χ4v) is 5.31. The van der Waals surface area contributed by atoms with Crippen LogP contribution in [0.2, 0.25) is 0 Å². The summed E-state index contributed by atoms with van der Waals surface area (Å²) in [5.41, 5.74) is -2.07. The summed E-state index contributed by atoms with van der Waals surface area (Å²) in [6.07, 6.45) is 7.69. The predicted octanol–water partition coefficient (Wildman–Crippen LogP) is 3.93. The van der Waals surface area contributed by atoms with E-state index in [1.807, 2.05) is 26.1 Å². The van der Waals surface area contributed by atoms with Gasteiger partial charge in [0.1, 0.15) is 0 Å². The van der Waals surface area contributed by atoms with Gasteiger partial charge in [-0.3, -0.25) is 0 Å². The normalized spacial score (nSPS) is 15.7. The highest BCUT2D eigenvalue weighted by Gasteiger charge is 2.15. The molecule has 0 fully saturated rings. The third-order valence-electron chi connectivity index (χ3n) is 1.58. The van der Waals surface area contributed by atoms with Crippen molar-refractivity contribution >= 4 is 35.1 Å². The molecule has 0 amide bonds. The van der Waals surface area contributed by atoms with Crippen molar-refractivity contribution in [1.29, 1.82) is 0 Å². The van der Waals surface area contributed by atoms with Crippen LogP contribution in [-0.4, -0.2) is 18.7 Å². The van der Waals surface area contributed by atoms with Crippen LogP contribution in [0, 0.1) is 0 Å². The van der Waals surface area contributed by atoms with E-state index < -0.39 is 5.62 Å². The van der Waals surface area contributed by atoms with Crippen LogP contribution in [0.3, 0.4) is 0 Å². The molecule has 0 heterocycles. The number of nitrogens with zero attached hydrogens (tertiary/aromatic N) is 1. The molecule has 0 saturated heterocycles. The van der Waals surface area contributed by atoms with Gasteiger partial charge in [0.15, 0.2) is 0 Å². The minimum absolute atomic E-state index is 0.622. The van der Waals surface area contributed by atoms with Crippen molar-refractivity contribution in [2.24, 2.45) is 4.76 Å². The van der Waals surface area contributed by atoms with E-state index in [4.69, 9.17) is 16.3 Å². The molecule has 0 spiro atoms. The predicted molar refractivity (Wildman–Crippen MR) is 79.7 cm³/mol. The summed E-state index contributed by atoms with van der Waals surface area (Å²) < 4.78 is 9.92. The highest BCUT2D eigenvalue weighted by atomic mass is 32.9. The molecule has 0 aromatic rings. The molecule has 16 heavy (non-hydrogen) atoms. The van der Waals surface area contributed by atoms with E-state index in [0.717, 1.165) is 12.2 Å². The van der Waals surface area contributed by atoms with Gasteiger partial charge in [-0.2, -0.15) is 0 Å². The van der Waals surface area contributed by atoms with Crippen LogP contribution in [0.4, 0.5) is 0 Å². The second kappa shape index (κ2) is 10.3. The highest BCUT2D eigenvalue weighted by Crippen LogP contribution is 2.61. The number of hydrogen-bond donors (Lipinski definition) is 1. The van der Waals surface area contributed by atoms with E-state index in [9.17, 15) is 0 Å². The van der Waals surface area contributed by atoms with Crippen molar-refractivity contribution < 1.29 is 4.52 Å². The Morgan fingerprint density at radius 1 is 1.50 bits per heavy atom. The van der Waals surface area contributed by atoms with Crippen LogP contribution in [0.5, 0.6) is 0 Å². The molecular weight excluding hydrogens is 259 g/mol. The smallest absolute Gasteiger partial charge is 0.232 e. The van der Waals surface area contributed by atoms with Crippen LogP contribution >= 0.6 is 17.0 Å². The van der Waals surface area contributed by atoms with E-state index in [0.29, 0.717) is 6.61 Å². The zero-order chi connectivity index (χ0) is 12.3. The molecule has 0 radical (unpaired) electrons. The first kappa shape index (κ1) is 16.2. The molecule has 94 valence electrons. The fourth-order valence-electron chi connectivity index (χ4n) is 0.835. The Morgan fingerprint density at radius 2 is 2.25 bits per heavy atom. The van der Waals surface area contributed by atoms with Gasteiger partial charge in [-0.15, -0.1) is 0 Å². The standard InChI is InChI=1S/C10H21N2OPS2/c1-4-7-9-16-14(15,13-6-3)12-10-11-8-5-2/h5,8,10H,4,6-7,9H2,1-3H3,(H,11,12,15). The molecule has 1 N–H and O–H groups in total. The second-order valence-corrected chi connectivity index (χ2v) is 9.51. The molecule has 0 aliphatic heterocycles. The fraction of sp³-hybridized carbons (Fsp3) is 0.700. The third kappa shape index (κ3) is 8.34. The Kier molecular flexibility index (Phi) is 10.4. The second-order valence-electron chi connectivity index (χ2n) is 2.98. The average Bonchev–Trinajstić information content (AvgIpc) is 2.25. The maximum Gasteiger partial charge on any atom is 0.232 e. The molecule has 0 rings (SSSR count). The molecule has 1 atom stereocenters. The number of nitrogens with one attached hydrogen (secondary N) is 1. The molecule has 0 aliphatic carbocycles. The Balaban J connectivity index is 4.20. The maximum atomic E-state index is 5.58. The summed E-state index contributed by atoms with van der Waals surface area (Å²) in [6.45, 7) is 6.69. The number of allylic oxidation sites excluding steroid dienone is 1. The quantitative estimate of drug-likeness (QED) is 0.300. The molecule has 0 saturated carbocycles. The Bertz CT molecular complexity index is 270. The molecule has 3 nitrogen and oxygen atoms in total. The van der Waals surface area contributed by atoms with Crippen molar-refractivity contribution in [3.8, 4) is 0 Å². The summed E-state index contributed by atoms with van der Waals surface area (Å²) in [7, 11) is 0. The van der Waals surface area contributed by atoms with Crippen molar-refractivity contribution in [2.45, 2.75) is 33.6 Å². The first-order chi connectivity index (χ1) is 7.68. The molecule has 0 aliphatic rings. The zero-order valence-corrected chi connectivity index (χ0v) is 12.7. The van der Waals surface area contributed by atoms with E-state index in [1.54, 1.807) is 17.7 Å². The van der Waals surface area contributed by atoms with Crippen molar-refractivity contribution in [3.63, 3.8) is 0 Å². The number of hydrogen-bond acceptors (Lipinski definition) is 3. The maximum absolute atomic E-state index is 5.58. The van der Waals surface area contributed by atoms with Crippen LogP contribution in [0.25, 0.3) is 0 Å². The number of unbranched alkanes of at least 4 members (excludes halogenated alkanes) is 1. The van der Waals surface area contributed by atoms with Gasteiger partial charge in [-0.25, -0.2) is 4.76 Å². The Labute approximate surface area is 108 Å². The summed E-state index contributed by atoms with van der Waals surface area (Å²) in [5, 5.41) is 2.94. The highest BCUT2D eigenvalue weighted by molar-refractivity contribution is 8.69. The third-order valence-corrected chi connectivity index (χ3v) is 7.03. The monoisotopic (exact) mass is 280 g/mol. The minimum Gasteiger partial charge on any atom is -0.353 e. The lowest BCUT2D eigenvalue weighted by molar-refractivity contribution is 0.385. The van der Waals surface area contributed by atoms with E-state index >= 15 is 0 Å². The SMILES string of the molecule is CC=CNC=NP(=S)(OCC)SCCCC. The van der Waals surface area contributed by atoms with Gasteiger partial charge in [-0.1, -0.05) is 30.8 Å². The van der Waals surface area contributed by atoms with Crippen molar-refractivity contribution in [2.75, 3.05) is 12.4 Å². The van der Waals surface area contributed by atoms with Crippen molar-refractivity contribution in [3.05, 3.63) is 12.3 Å². The summed E-state index contributed by atoms with van der Waals surface area (Å²) in [4.78, 5) is 0. The van der Waals surface area contributed by atoms with E-state index in [-0.39, 0.29) is 0 Å². The first-order valence-electron chi connectivity index (χ1n) is 5.49. The minimum atomic E-state index is -2.07. The van der Waals surface area contributed by atoms with E-state index in [2.05, 4.69) is 17.0 Å². The molecule has 0 aromatic carbocycles. The van der Waals surface area contributed by atoms with Crippen LogP contribution in [-0.2, 0) is 16.3 Å². The lowest BCUT2D eigenvalue weighted by Crippen LogP contribution is -1.99. The Hall–Kier alpha value is 0.170. The van der Waals surface area contributed by atoms with Gasteiger partial charge in [0.05, 0.1) is 12.9 Å². The first-order valence-corrected chi connectivity index (χ1v) is 9.75. The van der Waals surface area contributed by atoms with Gasteiger partial charge < -0.3 is 9.84 Å². The lowest BCUT2D eigenvalue weighted by Gasteiger charge is -2.15. The molecular formula is C10H21N2OPS2. The van der Waals surface area contributed by atoms with Gasteiger partial charge in [0.25, 0.3) is 0 Å². The molecule has 0 aromatic heterocycles. The van der Waals surface area contributed by atoms with Crippen LogP contribution < -0.4 is 5.32 Å². The van der Waals surface area contributed by atoms with Gasteiger partial charge in [0, 0.05) is 5.75 Å². The average molecular weight is 280 g/mol. The van der Waals surface area contributed by atoms with Gasteiger partial charge in [0.2, 0.25) is 5.62 Å². The molecule has 1 unspecified atom stereocenters.